The summed E-state index contributed by atoms with van der Waals surface area (Å²) in [6.45, 7) is 1.94. The van der Waals surface area contributed by atoms with E-state index in [0.717, 1.165) is 17.5 Å². The maximum Gasteiger partial charge on any atom is 0.229 e. The second-order valence-electron chi connectivity index (χ2n) is 4.88. The summed E-state index contributed by atoms with van der Waals surface area (Å²) in [6.07, 6.45) is 1.11. The Morgan fingerprint density at radius 1 is 1.00 bits per heavy atom. The molecule has 0 saturated carbocycles. The van der Waals surface area contributed by atoms with E-state index in [1.165, 1.54) is 0 Å². The number of anilines is 2. The van der Waals surface area contributed by atoms with Gasteiger partial charge in [0.25, 0.3) is 0 Å². The third-order valence-electron chi connectivity index (χ3n) is 2.97. The largest absolute Gasteiger partial charge is 0.508 e. The lowest BCUT2D eigenvalue weighted by atomic mass is 10.1. The van der Waals surface area contributed by atoms with Crippen molar-refractivity contribution in [2.45, 2.75) is 13.0 Å². The molecule has 0 spiro atoms. The highest BCUT2D eigenvalue weighted by Gasteiger charge is 2.09. The number of phenolic OH excluding ortho intramolecular Hbond substituents is 1. The zero-order chi connectivity index (χ0) is 15.5. The number of sulfonamides is 1. The van der Waals surface area contributed by atoms with Gasteiger partial charge in [0.05, 0.1) is 12.3 Å². The minimum absolute atomic E-state index is 0.0695. The van der Waals surface area contributed by atoms with Gasteiger partial charge < -0.3 is 10.4 Å². The standard InChI is InChI=1S/C15H18N2O3S/c1-11(14-5-3-4-6-15(14)18)16-12-7-9-13(10-8-12)17-21(2,19)20/h3-11,16-18H,1-2H3. The molecule has 1 atom stereocenters. The minimum atomic E-state index is -3.27. The van der Waals surface area contributed by atoms with Crippen LogP contribution in [0.5, 0.6) is 5.75 Å². The molecule has 112 valence electrons. The summed E-state index contributed by atoms with van der Waals surface area (Å²) in [5.74, 6) is 0.243. The molecule has 2 aromatic carbocycles. The lowest BCUT2D eigenvalue weighted by Crippen LogP contribution is -2.10. The van der Waals surface area contributed by atoms with Crippen molar-refractivity contribution in [3.8, 4) is 5.75 Å². The lowest BCUT2D eigenvalue weighted by molar-refractivity contribution is 0.465. The van der Waals surface area contributed by atoms with Crippen molar-refractivity contribution in [2.24, 2.45) is 0 Å². The quantitative estimate of drug-likeness (QED) is 0.793. The number of hydrogen-bond donors (Lipinski definition) is 3. The van der Waals surface area contributed by atoms with Gasteiger partial charge in [-0.15, -0.1) is 0 Å². The van der Waals surface area contributed by atoms with Gasteiger partial charge >= 0.3 is 0 Å². The van der Waals surface area contributed by atoms with E-state index in [2.05, 4.69) is 10.0 Å². The first kappa shape index (κ1) is 15.2. The number of para-hydroxylation sites is 1. The Hall–Kier alpha value is -2.21. The van der Waals surface area contributed by atoms with E-state index >= 15 is 0 Å². The molecule has 0 aliphatic heterocycles. The van der Waals surface area contributed by atoms with Gasteiger partial charge in [-0.05, 0) is 37.3 Å². The molecule has 1 unspecified atom stereocenters. The van der Waals surface area contributed by atoms with Crippen molar-refractivity contribution in [1.82, 2.24) is 0 Å². The summed E-state index contributed by atoms with van der Waals surface area (Å²) in [5, 5.41) is 13.1. The van der Waals surface area contributed by atoms with E-state index in [1.54, 1.807) is 36.4 Å². The number of phenols is 1. The van der Waals surface area contributed by atoms with Crippen molar-refractivity contribution >= 4 is 21.4 Å². The zero-order valence-electron chi connectivity index (χ0n) is 11.9. The Labute approximate surface area is 124 Å². The maximum absolute atomic E-state index is 11.1. The second kappa shape index (κ2) is 6.05. The van der Waals surface area contributed by atoms with Crippen LogP contribution in [0.3, 0.4) is 0 Å². The van der Waals surface area contributed by atoms with Crippen LogP contribution in [0.2, 0.25) is 0 Å². The highest BCUT2D eigenvalue weighted by Crippen LogP contribution is 2.26. The van der Waals surface area contributed by atoms with Crippen molar-refractivity contribution in [3.05, 3.63) is 54.1 Å². The summed E-state index contributed by atoms with van der Waals surface area (Å²) in [4.78, 5) is 0. The molecule has 0 aromatic heterocycles. The monoisotopic (exact) mass is 306 g/mol. The molecule has 0 heterocycles. The highest BCUT2D eigenvalue weighted by molar-refractivity contribution is 7.92. The molecule has 0 aliphatic rings. The average molecular weight is 306 g/mol. The van der Waals surface area contributed by atoms with Crippen LogP contribution in [-0.4, -0.2) is 19.8 Å². The Morgan fingerprint density at radius 2 is 1.57 bits per heavy atom. The molecule has 5 nitrogen and oxygen atoms in total. The molecular formula is C15H18N2O3S. The third-order valence-corrected chi connectivity index (χ3v) is 3.58. The Morgan fingerprint density at radius 3 is 2.14 bits per heavy atom. The fraction of sp³-hybridized carbons (Fsp3) is 0.200. The molecule has 21 heavy (non-hydrogen) atoms. The van der Waals surface area contributed by atoms with Crippen LogP contribution in [0.15, 0.2) is 48.5 Å². The summed E-state index contributed by atoms with van der Waals surface area (Å²) >= 11 is 0. The average Bonchev–Trinajstić information content (AvgIpc) is 2.40. The van der Waals surface area contributed by atoms with Crippen LogP contribution in [0.25, 0.3) is 0 Å². The number of hydrogen-bond acceptors (Lipinski definition) is 4. The normalized spacial score (nSPS) is 12.7. The Bertz CT molecular complexity index is 712. The van der Waals surface area contributed by atoms with Crippen LogP contribution >= 0.6 is 0 Å². The van der Waals surface area contributed by atoms with E-state index in [-0.39, 0.29) is 11.8 Å². The van der Waals surface area contributed by atoms with Crippen LogP contribution in [0.1, 0.15) is 18.5 Å². The van der Waals surface area contributed by atoms with E-state index in [9.17, 15) is 13.5 Å². The molecule has 0 saturated heterocycles. The van der Waals surface area contributed by atoms with Crippen molar-refractivity contribution < 1.29 is 13.5 Å². The fourth-order valence-electron chi connectivity index (χ4n) is 2.03. The van der Waals surface area contributed by atoms with Gasteiger partial charge in [-0.3, -0.25) is 4.72 Å². The van der Waals surface area contributed by atoms with Crippen LogP contribution in [-0.2, 0) is 10.0 Å². The number of nitrogens with one attached hydrogen (secondary N) is 2. The van der Waals surface area contributed by atoms with Gasteiger partial charge in [-0.25, -0.2) is 8.42 Å². The Balaban J connectivity index is 2.08. The SMILES string of the molecule is CC(Nc1ccc(NS(C)(=O)=O)cc1)c1ccccc1O. The van der Waals surface area contributed by atoms with Gasteiger partial charge in [0.15, 0.2) is 0 Å². The zero-order valence-corrected chi connectivity index (χ0v) is 12.7. The molecule has 0 radical (unpaired) electrons. The fourth-order valence-corrected chi connectivity index (χ4v) is 2.59. The summed E-state index contributed by atoms with van der Waals surface area (Å²) in [5.41, 5.74) is 2.15. The van der Waals surface area contributed by atoms with E-state index in [4.69, 9.17) is 0 Å². The van der Waals surface area contributed by atoms with Crippen LogP contribution in [0.4, 0.5) is 11.4 Å². The van der Waals surface area contributed by atoms with E-state index in [1.807, 2.05) is 19.1 Å². The molecule has 0 aliphatic carbocycles. The Kier molecular flexibility index (Phi) is 4.37. The molecular weight excluding hydrogens is 288 g/mol. The van der Waals surface area contributed by atoms with Crippen molar-refractivity contribution in [1.29, 1.82) is 0 Å². The van der Waals surface area contributed by atoms with Crippen LogP contribution < -0.4 is 10.0 Å². The maximum atomic E-state index is 11.1. The molecule has 0 bridgehead atoms. The van der Waals surface area contributed by atoms with Crippen molar-refractivity contribution in [2.75, 3.05) is 16.3 Å². The molecule has 2 aromatic rings. The topological polar surface area (TPSA) is 78.4 Å². The molecule has 2 rings (SSSR count). The molecule has 6 heteroatoms. The molecule has 0 amide bonds. The summed E-state index contributed by atoms with van der Waals surface area (Å²) in [7, 11) is -3.27. The van der Waals surface area contributed by atoms with Gasteiger partial charge in [0.1, 0.15) is 5.75 Å². The summed E-state index contributed by atoms with van der Waals surface area (Å²) in [6, 6.07) is 14.0. The number of aromatic hydroxyl groups is 1. The third kappa shape index (κ3) is 4.39. The summed E-state index contributed by atoms with van der Waals surface area (Å²) < 4.78 is 24.7. The van der Waals surface area contributed by atoms with Gasteiger partial charge in [-0.1, -0.05) is 18.2 Å². The smallest absolute Gasteiger partial charge is 0.229 e. The van der Waals surface area contributed by atoms with E-state index < -0.39 is 10.0 Å². The minimum Gasteiger partial charge on any atom is -0.508 e. The van der Waals surface area contributed by atoms with Gasteiger partial charge in [0, 0.05) is 16.9 Å². The predicted octanol–water partition coefficient (Wildman–Crippen LogP) is 2.94. The predicted molar refractivity (Wildman–Crippen MR) is 85.1 cm³/mol. The molecule has 0 fully saturated rings. The first-order valence-electron chi connectivity index (χ1n) is 6.47. The van der Waals surface area contributed by atoms with Gasteiger partial charge in [0.2, 0.25) is 10.0 Å². The van der Waals surface area contributed by atoms with Gasteiger partial charge in [-0.2, -0.15) is 0 Å². The lowest BCUT2D eigenvalue weighted by Gasteiger charge is -2.17. The first-order valence-corrected chi connectivity index (χ1v) is 8.36. The van der Waals surface area contributed by atoms with Crippen molar-refractivity contribution in [3.63, 3.8) is 0 Å². The number of benzene rings is 2. The van der Waals surface area contributed by atoms with Crippen LogP contribution in [0, 0.1) is 0 Å². The second-order valence-corrected chi connectivity index (χ2v) is 6.62. The molecule has 3 N–H and O–H groups in total. The first-order chi connectivity index (χ1) is 9.85. The highest BCUT2D eigenvalue weighted by atomic mass is 32.2. The number of rotatable bonds is 5. The van der Waals surface area contributed by atoms with E-state index in [0.29, 0.717) is 5.69 Å².